The number of aromatic amines is 1. The topological polar surface area (TPSA) is 91.0 Å². The van der Waals surface area contributed by atoms with Crippen molar-refractivity contribution in [3.05, 3.63) is 89.2 Å². The molecule has 7 heteroatoms. The van der Waals surface area contributed by atoms with Gasteiger partial charge in [0, 0.05) is 30.5 Å². The summed E-state index contributed by atoms with van der Waals surface area (Å²) in [7, 11) is 1.72. The number of nitrogens with zero attached hydrogens (tertiary/aromatic N) is 3. The molecule has 4 rings (SSSR count). The maximum atomic E-state index is 13.4. The minimum absolute atomic E-state index is 0.195. The van der Waals surface area contributed by atoms with E-state index in [4.69, 9.17) is 0 Å². The second-order valence-corrected chi connectivity index (χ2v) is 7.81. The van der Waals surface area contributed by atoms with Crippen LogP contribution >= 0.6 is 0 Å². The Morgan fingerprint density at radius 1 is 1.03 bits per heavy atom. The highest BCUT2D eigenvalue weighted by molar-refractivity contribution is 6.08. The number of benzene rings is 2. The second-order valence-electron chi connectivity index (χ2n) is 7.81. The van der Waals surface area contributed by atoms with Crippen LogP contribution < -0.4 is 10.2 Å². The number of hydrogen-bond donors (Lipinski definition) is 2. The molecule has 32 heavy (non-hydrogen) atoms. The first kappa shape index (κ1) is 21.2. The molecule has 0 bridgehead atoms. The van der Waals surface area contributed by atoms with Gasteiger partial charge in [-0.05, 0) is 37.6 Å². The fraction of sp³-hybridized carbons (Fsp3) is 0.200. The third kappa shape index (κ3) is 4.37. The van der Waals surface area contributed by atoms with E-state index in [0.29, 0.717) is 28.7 Å². The van der Waals surface area contributed by atoms with Crippen LogP contribution in [0.25, 0.3) is 11.0 Å². The lowest BCUT2D eigenvalue weighted by Crippen LogP contribution is -2.48. The summed E-state index contributed by atoms with van der Waals surface area (Å²) in [6.07, 6.45) is 0.375. The van der Waals surface area contributed by atoms with Crippen molar-refractivity contribution in [3.8, 4) is 0 Å². The minimum Gasteiger partial charge on any atom is -0.340 e. The van der Waals surface area contributed by atoms with Crippen LogP contribution in [0.15, 0.2) is 66.7 Å². The van der Waals surface area contributed by atoms with Gasteiger partial charge < -0.3 is 10.2 Å². The molecule has 0 fully saturated rings. The van der Waals surface area contributed by atoms with Crippen LogP contribution in [0.3, 0.4) is 0 Å². The first-order valence-electron chi connectivity index (χ1n) is 10.4. The summed E-state index contributed by atoms with van der Waals surface area (Å²) in [5, 5.41) is 10.7. The summed E-state index contributed by atoms with van der Waals surface area (Å²) < 4.78 is 0. The number of carbonyl (C=O) groups is 2. The molecule has 2 aromatic heterocycles. The van der Waals surface area contributed by atoms with E-state index >= 15 is 0 Å². The minimum atomic E-state index is -0.745. The largest absolute Gasteiger partial charge is 0.340 e. The van der Waals surface area contributed by atoms with Gasteiger partial charge in [0.25, 0.3) is 5.91 Å². The first-order chi connectivity index (χ1) is 15.4. The van der Waals surface area contributed by atoms with Gasteiger partial charge in [-0.2, -0.15) is 5.10 Å². The quantitative estimate of drug-likeness (QED) is 0.492. The summed E-state index contributed by atoms with van der Waals surface area (Å²) in [6.45, 7) is 3.66. The summed E-state index contributed by atoms with van der Waals surface area (Å²) in [5.74, 6) is -0.528. The van der Waals surface area contributed by atoms with Crippen molar-refractivity contribution in [2.24, 2.45) is 0 Å². The summed E-state index contributed by atoms with van der Waals surface area (Å²) >= 11 is 0. The van der Waals surface area contributed by atoms with E-state index in [9.17, 15) is 9.59 Å². The number of nitrogens with one attached hydrogen (secondary N) is 2. The van der Waals surface area contributed by atoms with Crippen molar-refractivity contribution >= 4 is 28.5 Å². The van der Waals surface area contributed by atoms with Crippen molar-refractivity contribution in [1.29, 1.82) is 0 Å². The van der Waals surface area contributed by atoms with E-state index in [2.05, 4.69) is 20.5 Å². The summed E-state index contributed by atoms with van der Waals surface area (Å²) in [4.78, 5) is 32.8. The Bertz CT molecular complexity index is 1250. The molecule has 0 radical (unpaired) electrons. The molecule has 0 spiro atoms. The highest BCUT2D eigenvalue weighted by atomic mass is 16.2. The zero-order valence-corrected chi connectivity index (χ0v) is 18.3. The number of anilines is 1. The number of aryl methyl sites for hydroxylation is 2. The van der Waals surface area contributed by atoms with Crippen LogP contribution in [-0.4, -0.2) is 40.1 Å². The summed E-state index contributed by atoms with van der Waals surface area (Å²) in [5.41, 5.74) is 4.10. The number of fused-ring (bicyclic) bond motifs is 1. The lowest BCUT2D eigenvalue weighted by molar-refractivity contribution is -0.120. The van der Waals surface area contributed by atoms with Gasteiger partial charge in [0.1, 0.15) is 6.04 Å². The Morgan fingerprint density at radius 2 is 1.69 bits per heavy atom. The highest BCUT2D eigenvalue weighted by Gasteiger charge is 2.27. The maximum absolute atomic E-state index is 13.4. The molecule has 0 saturated carbocycles. The number of para-hydroxylation sites is 1. The number of hydrogen-bond acceptors (Lipinski definition) is 4. The van der Waals surface area contributed by atoms with Crippen molar-refractivity contribution in [2.75, 3.05) is 11.9 Å². The van der Waals surface area contributed by atoms with E-state index in [0.717, 1.165) is 16.9 Å². The Labute approximate surface area is 186 Å². The monoisotopic (exact) mass is 427 g/mol. The van der Waals surface area contributed by atoms with Gasteiger partial charge in [0.05, 0.1) is 10.9 Å². The smallest absolute Gasteiger partial charge is 0.252 e. The van der Waals surface area contributed by atoms with Gasteiger partial charge in [-0.3, -0.25) is 14.7 Å². The Hall–Kier alpha value is -4.00. The fourth-order valence-electron chi connectivity index (χ4n) is 3.78. The first-order valence-corrected chi connectivity index (χ1v) is 10.4. The van der Waals surface area contributed by atoms with Gasteiger partial charge >= 0.3 is 0 Å². The van der Waals surface area contributed by atoms with E-state index in [-0.39, 0.29) is 11.8 Å². The molecule has 0 unspecified atom stereocenters. The average molecular weight is 428 g/mol. The maximum Gasteiger partial charge on any atom is 0.252 e. The molecular weight excluding hydrogens is 402 g/mol. The molecule has 0 aliphatic carbocycles. The molecule has 0 aliphatic rings. The molecule has 7 nitrogen and oxygen atoms in total. The van der Waals surface area contributed by atoms with Crippen molar-refractivity contribution < 1.29 is 9.59 Å². The molecule has 2 aromatic carbocycles. The number of carbonyl (C=O) groups excluding carboxylic acids is 2. The number of likely N-dealkylation sites (N-methyl/N-ethyl adjacent to an activating group) is 1. The van der Waals surface area contributed by atoms with E-state index in [1.54, 1.807) is 18.0 Å². The standard InChI is InChI=1S/C25H25N5O2/c1-16-14-20(22-17(2)28-29-23(22)26-16)24(31)27-21(15-18-10-6-4-7-11-18)25(32)30(3)19-12-8-5-9-13-19/h4-14,21H,15H2,1-3H3,(H,27,31)(H,26,28,29)/t21-/m0/s1. The zero-order valence-electron chi connectivity index (χ0n) is 18.3. The summed E-state index contributed by atoms with van der Waals surface area (Å²) in [6, 6.07) is 20.0. The van der Waals surface area contributed by atoms with Crippen molar-refractivity contribution in [2.45, 2.75) is 26.3 Å². The van der Waals surface area contributed by atoms with Gasteiger partial charge in [0.15, 0.2) is 5.65 Å². The van der Waals surface area contributed by atoms with Crippen LogP contribution in [0, 0.1) is 13.8 Å². The molecule has 2 heterocycles. The van der Waals surface area contributed by atoms with Gasteiger partial charge in [-0.1, -0.05) is 48.5 Å². The van der Waals surface area contributed by atoms with E-state index in [1.807, 2.05) is 74.5 Å². The van der Waals surface area contributed by atoms with E-state index < -0.39 is 6.04 Å². The van der Waals surface area contributed by atoms with Crippen LogP contribution in [0.4, 0.5) is 5.69 Å². The zero-order chi connectivity index (χ0) is 22.7. The highest BCUT2D eigenvalue weighted by Crippen LogP contribution is 2.21. The van der Waals surface area contributed by atoms with Gasteiger partial charge in [0.2, 0.25) is 5.91 Å². The van der Waals surface area contributed by atoms with Crippen LogP contribution in [-0.2, 0) is 11.2 Å². The van der Waals surface area contributed by atoms with E-state index in [1.165, 1.54) is 0 Å². The SMILES string of the molecule is Cc1cc(C(=O)N[C@@H](Cc2ccccc2)C(=O)N(C)c2ccccc2)c2c(C)[nH]nc2n1. The molecule has 0 saturated heterocycles. The van der Waals surface area contributed by atoms with Crippen molar-refractivity contribution in [3.63, 3.8) is 0 Å². The number of pyridine rings is 1. The fourth-order valence-corrected chi connectivity index (χ4v) is 3.78. The van der Waals surface area contributed by atoms with Crippen LogP contribution in [0.2, 0.25) is 0 Å². The van der Waals surface area contributed by atoms with Crippen LogP contribution in [0.1, 0.15) is 27.3 Å². The molecule has 0 aliphatic heterocycles. The molecular formula is C25H25N5O2. The number of H-pyrrole nitrogens is 1. The van der Waals surface area contributed by atoms with Crippen molar-refractivity contribution in [1.82, 2.24) is 20.5 Å². The Kier molecular flexibility index (Phi) is 5.98. The second kappa shape index (κ2) is 9.01. The molecule has 162 valence electrons. The van der Waals surface area contributed by atoms with Gasteiger partial charge in [-0.25, -0.2) is 4.98 Å². The average Bonchev–Trinajstić information content (AvgIpc) is 3.18. The lowest BCUT2D eigenvalue weighted by atomic mass is 10.0. The Morgan fingerprint density at radius 3 is 2.38 bits per heavy atom. The molecule has 2 amide bonds. The molecule has 4 aromatic rings. The molecule has 1 atom stereocenters. The third-order valence-corrected chi connectivity index (χ3v) is 5.44. The number of amides is 2. The molecule has 2 N–H and O–H groups in total. The predicted molar refractivity (Wildman–Crippen MR) is 125 cm³/mol. The normalized spacial score (nSPS) is 11.8. The predicted octanol–water partition coefficient (Wildman–Crippen LogP) is 3.58. The third-order valence-electron chi connectivity index (χ3n) is 5.44. The number of aromatic nitrogens is 3. The van der Waals surface area contributed by atoms with Gasteiger partial charge in [-0.15, -0.1) is 0 Å². The Balaban J connectivity index is 1.67. The van der Waals surface area contributed by atoms with Crippen LogP contribution in [0.5, 0.6) is 0 Å². The number of rotatable bonds is 6. The lowest BCUT2D eigenvalue weighted by Gasteiger charge is -2.25.